The summed E-state index contributed by atoms with van der Waals surface area (Å²) in [5.41, 5.74) is 9.10. The normalized spacial score (nSPS) is 21.1. The fourth-order valence-corrected chi connectivity index (χ4v) is 4.91. The Labute approximate surface area is 190 Å². The van der Waals surface area contributed by atoms with Crippen LogP contribution in [0.1, 0.15) is 38.6 Å². The predicted molar refractivity (Wildman–Crippen MR) is 129 cm³/mol. The Morgan fingerprint density at radius 3 is 2.79 bits per heavy atom. The van der Waals surface area contributed by atoms with E-state index in [1.807, 2.05) is 54.3 Å². The number of furan rings is 1. The molecular formula is C26H25N5O2. The fourth-order valence-electron chi connectivity index (χ4n) is 4.91. The number of nitrogen functional groups attached to an aromatic ring is 1. The highest BCUT2D eigenvalue weighted by Gasteiger charge is 2.30. The largest absolute Gasteiger partial charge is 0.452 e. The molecule has 0 spiro atoms. The van der Waals surface area contributed by atoms with Crippen molar-refractivity contribution in [3.05, 3.63) is 61.3 Å². The Morgan fingerprint density at radius 2 is 1.94 bits per heavy atom. The summed E-state index contributed by atoms with van der Waals surface area (Å²) in [5.74, 6) is 1.11. The number of benzene rings is 1. The van der Waals surface area contributed by atoms with E-state index in [1.165, 1.54) is 0 Å². The Kier molecular flexibility index (Phi) is 4.48. The van der Waals surface area contributed by atoms with Crippen LogP contribution in [-0.4, -0.2) is 30.5 Å². The Morgan fingerprint density at radius 1 is 1.09 bits per heavy atom. The summed E-state index contributed by atoms with van der Waals surface area (Å²) < 4.78 is 8.26. The first-order chi connectivity index (χ1) is 16.0. The molecule has 1 aromatic carbocycles. The summed E-state index contributed by atoms with van der Waals surface area (Å²) in [4.78, 5) is 8.62. The lowest BCUT2D eigenvalue weighted by atomic mass is 9.84. The van der Waals surface area contributed by atoms with Gasteiger partial charge in [0.25, 0.3) is 0 Å². The maximum Gasteiger partial charge on any atom is 0.177 e. The highest BCUT2D eigenvalue weighted by atomic mass is 16.3. The third-order valence-corrected chi connectivity index (χ3v) is 6.85. The molecule has 0 atom stereocenters. The van der Waals surface area contributed by atoms with Gasteiger partial charge in [0.05, 0.1) is 17.8 Å². The van der Waals surface area contributed by atoms with Crippen molar-refractivity contribution in [2.24, 2.45) is 0 Å². The van der Waals surface area contributed by atoms with E-state index < -0.39 is 5.60 Å². The minimum absolute atomic E-state index is 0.292. The SMILES string of the molecule is C[C@]1(O)CC[C@H](n2cc(-c3cnc(N)c4oc(-c5cccc6cnccc56)cc34)cn2)CC1. The summed E-state index contributed by atoms with van der Waals surface area (Å²) in [6.07, 6.45) is 12.7. The molecule has 4 heterocycles. The van der Waals surface area contributed by atoms with Crippen molar-refractivity contribution >= 4 is 27.6 Å². The molecule has 0 unspecified atom stereocenters. The first kappa shape index (κ1) is 19.9. The summed E-state index contributed by atoms with van der Waals surface area (Å²) in [7, 11) is 0. The van der Waals surface area contributed by atoms with Crippen LogP contribution in [0.25, 0.3) is 44.2 Å². The molecule has 0 bridgehead atoms. The zero-order valence-electron chi connectivity index (χ0n) is 18.4. The van der Waals surface area contributed by atoms with Crippen LogP contribution in [0.4, 0.5) is 5.82 Å². The van der Waals surface area contributed by atoms with E-state index in [9.17, 15) is 5.11 Å². The van der Waals surface area contributed by atoms with E-state index in [-0.39, 0.29) is 0 Å². The zero-order valence-corrected chi connectivity index (χ0v) is 18.4. The minimum atomic E-state index is -0.565. The average molecular weight is 440 g/mol. The van der Waals surface area contributed by atoms with Gasteiger partial charge in [0.2, 0.25) is 0 Å². The average Bonchev–Trinajstić information content (AvgIpc) is 3.48. The number of hydrogen-bond acceptors (Lipinski definition) is 6. The van der Waals surface area contributed by atoms with Crippen LogP contribution in [0.5, 0.6) is 0 Å². The van der Waals surface area contributed by atoms with E-state index in [1.54, 1.807) is 12.4 Å². The standard InChI is InChI=1S/C26H25N5O2/c1-26(32)8-5-18(6-9-26)31-15-17(13-30-31)22-14-29-25(27)24-21(22)11-23(33-24)20-4-2-3-16-12-28-10-7-19(16)20/h2-4,7,10-15,18,32H,5-6,8-9H2,1H3,(H2,27,29)/t18-,26-. The molecule has 7 heteroatoms. The molecule has 166 valence electrons. The van der Waals surface area contributed by atoms with Crippen molar-refractivity contribution in [2.45, 2.75) is 44.2 Å². The molecule has 1 aliphatic carbocycles. The molecule has 5 aromatic rings. The molecule has 6 rings (SSSR count). The minimum Gasteiger partial charge on any atom is -0.452 e. The van der Waals surface area contributed by atoms with Crippen LogP contribution in [0, 0.1) is 0 Å². The molecule has 33 heavy (non-hydrogen) atoms. The summed E-state index contributed by atoms with van der Waals surface area (Å²) in [5, 5.41) is 17.9. The smallest absolute Gasteiger partial charge is 0.177 e. The van der Waals surface area contributed by atoms with Gasteiger partial charge in [-0.25, -0.2) is 4.98 Å². The van der Waals surface area contributed by atoms with Crippen molar-refractivity contribution in [1.82, 2.24) is 19.7 Å². The quantitative estimate of drug-likeness (QED) is 0.393. The number of pyridine rings is 2. The predicted octanol–water partition coefficient (Wildman–Crippen LogP) is 5.35. The van der Waals surface area contributed by atoms with Crippen molar-refractivity contribution < 1.29 is 9.52 Å². The van der Waals surface area contributed by atoms with E-state index in [2.05, 4.69) is 21.3 Å². The number of aromatic nitrogens is 4. The number of rotatable bonds is 3. The second kappa shape index (κ2) is 7.42. The molecule has 3 N–H and O–H groups in total. The van der Waals surface area contributed by atoms with Crippen molar-refractivity contribution in [3.8, 4) is 22.5 Å². The van der Waals surface area contributed by atoms with Gasteiger partial charge >= 0.3 is 0 Å². The number of fused-ring (bicyclic) bond motifs is 2. The van der Waals surface area contributed by atoms with Crippen LogP contribution in [0.2, 0.25) is 0 Å². The second-order valence-electron chi connectivity index (χ2n) is 9.25. The third kappa shape index (κ3) is 3.45. The summed E-state index contributed by atoms with van der Waals surface area (Å²) in [6.45, 7) is 1.91. The number of nitrogens with two attached hydrogens (primary N) is 1. The highest BCUT2D eigenvalue weighted by molar-refractivity contribution is 6.03. The van der Waals surface area contributed by atoms with Gasteiger partial charge in [-0.3, -0.25) is 9.67 Å². The first-order valence-corrected chi connectivity index (χ1v) is 11.3. The maximum atomic E-state index is 10.3. The zero-order chi connectivity index (χ0) is 22.6. The number of nitrogens with zero attached hydrogens (tertiary/aromatic N) is 4. The molecule has 1 aliphatic rings. The number of aliphatic hydroxyl groups is 1. The molecule has 4 aromatic heterocycles. The van der Waals surface area contributed by atoms with Crippen LogP contribution in [0.15, 0.2) is 65.7 Å². The lowest BCUT2D eigenvalue weighted by Crippen LogP contribution is -2.31. The Balaban J connectivity index is 1.42. The van der Waals surface area contributed by atoms with Gasteiger partial charge in [-0.2, -0.15) is 5.10 Å². The maximum absolute atomic E-state index is 10.3. The molecule has 0 saturated heterocycles. The van der Waals surface area contributed by atoms with Gasteiger partial charge < -0.3 is 15.3 Å². The molecule has 0 amide bonds. The Hall–Kier alpha value is -3.71. The van der Waals surface area contributed by atoms with Gasteiger partial charge in [-0.1, -0.05) is 18.2 Å². The lowest BCUT2D eigenvalue weighted by Gasteiger charge is -2.33. The van der Waals surface area contributed by atoms with Gasteiger partial charge in [-0.15, -0.1) is 0 Å². The van der Waals surface area contributed by atoms with Crippen LogP contribution < -0.4 is 5.73 Å². The highest BCUT2D eigenvalue weighted by Crippen LogP contribution is 2.39. The lowest BCUT2D eigenvalue weighted by molar-refractivity contribution is 0.00852. The van der Waals surface area contributed by atoms with Gasteiger partial charge in [0.15, 0.2) is 11.4 Å². The van der Waals surface area contributed by atoms with Gasteiger partial charge in [-0.05, 0) is 50.1 Å². The molecule has 1 fully saturated rings. The van der Waals surface area contributed by atoms with Crippen molar-refractivity contribution in [1.29, 1.82) is 0 Å². The van der Waals surface area contributed by atoms with E-state index in [0.29, 0.717) is 17.4 Å². The number of anilines is 1. The third-order valence-electron chi connectivity index (χ3n) is 6.85. The van der Waals surface area contributed by atoms with E-state index >= 15 is 0 Å². The summed E-state index contributed by atoms with van der Waals surface area (Å²) >= 11 is 0. The van der Waals surface area contributed by atoms with E-state index in [0.717, 1.165) is 64.3 Å². The molecule has 0 aliphatic heterocycles. The van der Waals surface area contributed by atoms with Crippen molar-refractivity contribution in [3.63, 3.8) is 0 Å². The van der Waals surface area contributed by atoms with Gasteiger partial charge in [0.1, 0.15) is 5.76 Å². The van der Waals surface area contributed by atoms with Crippen LogP contribution >= 0.6 is 0 Å². The summed E-state index contributed by atoms with van der Waals surface area (Å²) in [6, 6.07) is 10.4. The molecule has 0 radical (unpaired) electrons. The van der Waals surface area contributed by atoms with Crippen LogP contribution in [0.3, 0.4) is 0 Å². The topological polar surface area (TPSA) is 103 Å². The van der Waals surface area contributed by atoms with Crippen LogP contribution in [-0.2, 0) is 0 Å². The fraction of sp³-hybridized carbons (Fsp3) is 0.269. The van der Waals surface area contributed by atoms with Crippen molar-refractivity contribution in [2.75, 3.05) is 5.73 Å². The molecular weight excluding hydrogens is 414 g/mol. The molecule has 1 saturated carbocycles. The van der Waals surface area contributed by atoms with Gasteiger partial charge in [0, 0.05) is 52.3 Å². The second-order valence-corrected chi connectivity index (χ2v) is 9.25. The Bertz CT molecular complexity index is 1470. The number of hydrogen-bond donors (Lipinski definition) is 2. The first-order valence-electron chi connectivity index (χ1n) is 11.3. The van der Waals surface area contributed by atoms with E-state index in [4.69, 9.17) is 10.2 Å². The molecule has 7 nitrogen and oxygen atoms in total. The monoisotopic (exact) mass is 439 g/mol.